The summed E-state index contributed by atoms with van der Waals surface area (Å²) in [4.78, 5) is 12.5. The van der Waals surface area contributed by atoms with E-state index in [2.05, 4.69) is 39.5 Å². The fraction of sp³-hybridized carbons (Fsp3) is 0.550. The normalized spacial score (nSPS) is 34.9. The van der Waals surface area contributed by atoms with E-state index in [9.17, 15) is 4.79 Å². The van der Waals surface area contributed by atoms with Crippen molar-refractivity contribution in [2.75, 3.05) is 0 Å². The van der Waals surface area contributed by atoms with Gasteiger partial charge in [0.1, 0.15) is 0 Å². The molecule has 2 heteroatoms. The van der Waals surface area contributed by atoms with Gasteiger partial charge in [-0.2, -0.15) is 0 Å². The molecule has 2 nitrogen and oxygen atoms in total. The standard InChI is InChI=1S/C20H26O2/c1-14-16(7-6-15-8-11-22-13-15)20(4)10-5-9-19(2,3)18(20)12-17(14)21/h6-8,11,13,16,18H,1,5,9-10,12H2,2-4H3/b7-6+/t16-,18-,20+/m0/s1. The number of carbonyl (C=O) groups excluding carboxylic acids is 1. The van der Waals surface area contributed by atoms with Crippen LogP contribution in [0.15, 0.2) is 41.2 Å². The monoisotopic (exact) mass is 298 g/mol. The zero-order valence-electron chi connectivity index (χ0n) is 13.9. The van der Waals surface area contributed by atoms with Crippen LogP contribution in [0.3, 0.4) is 0 Å². The molecule has 0 N–H and O–H groups in total. The molecule has 0 saturated heterocycles. The third-order valence-electron chi connectivity index (χ3n) is 6.13. The second-order valence-corrected chi connectivity index (χ2v) is 7.95. The largest absolute Gasteiger partial charge is 0.472 e. The molecule has 0 spiro atoms. The van der Waals surface area contributed by atoms with Crippen LogP contribution in [-0.4, -0.2) is 5.78 Å². The molecule has 0 bridgehead atoms. The van der Waals surface area contributed by atoms with Crippen LogP contribution in [0.5, 0.6) is 0 Å². The Labute approximate surface area is 133 Å². The SMILES string of the molecule is C=C1C(=O)C[C@H]2C(C)(C)CCC[C@]2(C)[C@H]1/C=C/c1ccoc1. The Morgan fingerprint density at radius 3 is 2.77 bits per heavy atom. The van der Waals surface area contributed by atoms with Gasteiger partial charge in [0.2, 0.25) is 0 Å². The first kappa shape index (κ1) is 15.3. The van der Waals surface area contributed by atoms with Gasteiger partial charge < -0.3 is 4.42 Å². The minimum Gasteiger partial charge on any atom is -0.472 e. The van der Waals surface area contributed by atoms with Gasteiger partial charge >= 0.3 is 0 Å². The van der Waals surface area contributed by atoms with E-state index in [1.54, 1.807) is 12.5 Å². The Morgan fingerprint density at radius 1 is 1.32 bits per heavy atom. The Morgan fingerprint density at radius 2 is 2.09 bits per heavy atom. The minimum atomic E-state index is 0.132. The number of furan rings is 1. The van der Waals surface area contributed by atoms with Gasteiger partial charge in [-0.05, 0) is 41.2 Å². The molecule has 2 saturated carbocycles. The van der Waals surface area contributed by atoms with Gasteiger partial charge in [-0.1, -0.05) is 45.9 Å². The van der Waals surface area contributed by atoms with Crippen LogP contribution in [-0.2, 0) is 4.79 Å². The number of allylic oxidation sites excluding steroid dienone is 2. The number of hydrogen-bond donors (Lipinski definition) is 0. The molecule has 1 heterocycles. The summed E-state index contributed by atoms with van der Waals surface area (Å²) >= 11 is 0. The second kappa shape index (κ2) is 5.26. The zero-order valence-corrected chi connectivity index (χ0v) is 13.9. The lowest BCUT2D eigenvalue weighted by atomic mass is 9.47. The summed E-state index contributed by atoms with van der Waals surface area (Å²) in [5.74, 6) is 0.818. The van der Waals surface area contributed by atoms with Crippen molar-refractivity contribution in [3.8, 4) is 0 Å². The quantitative estimate of drug-likeness (QED) is 0.696. The van der Waals surface area contributed by atoms with Crippen molar-refractivity contribution in [2.24, 2.45) is 22.7 Å². The lowest BCUT2D eigenvalue weighted by molar-refractivity contribution is -0.127. The van der Waals surface area contributed by atoms with Crippen LogP contribution in [0.25, 0.3) is 6.08 Å². The average molecular weight is 298 g/mol. The van der Waals surface area contributed by atoms with Gasteiger partial charge in [0.05, 0.1) is 12.5 Å². The number of carbonyl (C=O) groups is 1. The van der Waals surface area contributed by atoms with Crippen molar-refractivity contribution in [1.82, 2.24) is 0 Å². The van der Waals surface area contributed by atoms with Crippen molar-refractivity contribution < 1.29 is 9.21 Å². The van der Waals surface area contributed by atoms with Gasteiger partial charge in [-0.3, -0.25) is 4.79 Å². The lowest BCUT2D eigenvalue weighted by Crippen LogP contribution is -2.51. The van der Waals surface area contributed by atoms with E-state index in [4.69, 9.17) is 4.42 Å². The maximum Gasteiger partial charge on any atom is 0.159 e. The number of ketones is 1. The van der Waals surface area contributed by atoms with Crippen LogP contribution in [0.4, 0.5) is 0 Å². The second-order valence-electron chi connectivity index (χ2n) is 7.95. The molecular weight excluding hydrogens is 272 g/mol. The third-order valence-corrected chi connectivity index (χ3v) is 6.13. The molecule has 1 aromatic rings. The highest BCUT2D eigenvalue weighted by Crippen LogP contribution is 2.60. The molecule has 0 amide bonds. The number of fused-ring (bicyclic) bond motifs is 1. The molecule has 2 aliphatic carbocycles. The first-order valence-electron chi connectivity index (χ1n) is 8.27. The van der Waals surface area contributed by atoms with E-state index in [1.165, 1.54) is 19.3 Å². The Kier molecular flexibility index (Phi) is 3.66. The van der Waals surface area contributed by atoms with E-state index >= 15 is 0 Å². The molecular formula is C20H26O2. The van der Waals surface area contributed by atoms with E-state index in [1.807, 2.05) is 6.07 Å². The summed E-state index contributed by atoms with van der Waals surface area (Å²) < 4.78 is 5.13. The van der Waals surface area contributed by atoms with Crippen molar-refractivity contribution in [2.45, 2.75) is 46.5 Å². The van der Waals surface area contributed by atoms with Crippen LogP contribution < -0.4 is 0 Å². The van der Waals surface area contributed by atoms with Crippen LogP contribution in [0, 0.1) is 22.7 Å². The third kappa shape index (κ3) is 2.39. The topological polar surface area (TPSA) is 30.2 Å². The van der Waals surface area contributed by atoms with E-state index in [0.29, 0.717) is 12.3 Å². The van der Waals surface area contributed by atoms with Crippen LogP contribution in [0.2, 0.25) is 0 Å². The summed E-state index contributed by atoms with van der Waals surface area (Å²) in [6.45, 7) is 11.2. The van der Waals surface area contributed by atoms with E-state index < -0.39 is 0 Å². The van der Waals surface area contributed by atoms with Crippen LogP contribution >= 0.6 is 0 Å². The molecule has 22 heavy (non-hydrogen) atoms. The Bertz CT molecular complexity index is 606. The molecule has 0 unspecified atom stereocenters. The summed E-state index contributed by atoms with van der Waals surface area (Å²) in [5.41, 5.74) is 2.19. The van der Waals surface area contributed by atoms with Crippen LogP contribution in [0.1, 0.15) is 52.0 Å². The molecule has 3 rings (SSSR count). The molecule has 1 aromatic heterocycles. The predicted molar refractivity (Wildman–Crippen MR) is 89.2 cm³/mol. The number of hydrogen-bond acceptors (Lipinski definition) is 2. The van der Waals surface area contributed by atoms with Gasteiger partial charge in [0.15, 0.2) is 5.78 Å². The fourth-order valence-corrected chi connectivity index (χ4v) is 4.85. The number of Topliss-reactive ketones (excluding diaryl/α,β-unsaturated/α-hetero) is 1. The number of rotatable bonds is 2. The highest BCUT2D eigenvalue weighted by Gasteiger charge is 2.54. The Hall–Kier alpha value is -1.57. The van der Waals surface area contributed by atoms with Gasteiger partial charge in [0.25, 0.3) is 0 Å². The van der Waals surface area contributed by atoms with Gasteiger partial charge in [-0.15, -0.1) is 0 Å². The Balaban J connectivity index is 1.98. The average Bonchev–Trinajstić information content (AvgIpc) is 2.94. The summed E-state index contributed by atoms with van der Waals surface area (Å²) in [6.07, 6.45) is 11.9. The predicted octanol–water partition coefficient (Wildman–Crippen LogP) is 5.27. The molecule has 3 atom stereocenters. The van der Waals surface area contributed by atoms with E-state index in [-0.39, 0.29) is 22.5 Å². The van der Waals surface area contributed by atoms with Gasteiger partial charge in [-0.25, -0.2) is 0 Å². The van der Waals surface area contributed by atoms with Crippen molar-refractivity contribution in [3.05, 3.63) is 42.4 Å². The molecule has 0 radical (unpaired) electrons. The van der Waals surface area contributed by atoms with E-state index in [0.717, 1.165) is 11.1 Å². The molecule has 0 aromatic carbocycles. The summed E-state index contributed by atoms with van der Waals surface area (Å²) in [7, 11) is 0. The zero-order chi connectivity index (χ0) is 16.0. The highest BCUT2D eigenvalue weighted by atomic mass is 16.3. The molecule has 118 valence electrons. The first-order chi connectivity index (χ1) is 10.3. The molecule has 2 aliphatic rings. The highest BCUT2D eigenvalue weighted by molar-refractivity contribution is 5.97. The fourth-order valence-electron chi connectivity index (χ4n) is 4.85. The smallest absolute Gasteiger partial charge is 0.159 e. The van der Waals surface area contributed by atoms with Crippen molar-refractivity contribution >= 4 is 11.9 Å². The summed E-state index contributed by atoms with van der Waals surface area (Å²) in [5, 5.41) is 0. The molecule has 0 aliphatic heterocycles. The minimum absolute atomic E-state index is 0.132. The van der Waals surface area contributed by atoms with Crippen molar-refractivity contribution in [3.63, 3.8) is 0 Å². The maximum absolute atomic E-state index is 12.5. The lowest BCUT2D eigenvalue weighted by Gasteiger charge is -2.56. The maximum atomic E-state index is 12.5. The van der Waals surface area contributed by atoms with Crippen molar-refractivity contribution in [1.29, 1.82) is 0 Å². The first-order valence-corrected chi connectivity index (χ1v) is 8.27. The molecule has 2 fully saturated rings. The summed E-state index contributed by atoms with van der Waals surface area (Å²) in [6, 6.07) is 1.94. The van der Waals surface area contributed by atoms with Gasteiger partial charge in [0, 0.05) is 17.9 Å².